The molecule has 6 nitrogen and oxygen atoms in total. The van der Waals surface area contributed by atoms with Crippen molar-refractivity contribution in [3.63, 3.8) is 0 Å². The highest BCUT2D eigenvalue weighted by Gasteiger charge is 2.35. The van der Waals surface area contributed by atoms with Crippen LogP contribution < -0.4 is 20.5 Å². The number of carbonyl (C=O) groups excluding carboxylic acids is 1. The maximum absolute atomic E-state index is 12.6. The van der Waals surface area contributed by atoms with Gasteiger partial charge in [-0.3, -0.25) is 4.79 Å². The van der Waals surface area contributed by atoms with Gasteiger partial charge in [-0.15, -0.1) is 12.4 Å². The predicted octanol–water partition coefficient (Wildman–Crippen LogP) is 3.81. The van der Waals surface area contributed by atoms with E-state index in [1.54, 1.807) is 20.3 Å². The Bertz CT molecular complexity index is 784. The average Bonchev–Trinajstić information content (AvgIpc) is 3.21. The molecule has 1 aliphatic rings. The van der Waals surface area contributed by atoms with Gasteiger partial charge in [0, 0.05) is 12.0 Å². The van der Waals surface area contributed by atoms with Crippen LogP contribution >= 0.6 is 12.4 Å². The molecule has 1 heterocycles. The number of nitrogens with one attached hydrogen (secondary N) is 1. The lowest BCUT2D eigenvalue weighted by atomic mass is 9.69. The third kappa shape index (κ3) is 4.62. The lowest BCUT2D eigenvalue weighted by Crippen LogP contribution is -2.42. The first-order chi connectivity index (χ1) is 13.1. The summed E-state index contributed by atoms with van der Waals surface area (Å²) in [5, 5.41) is 3.10. The van der Waals surface area contributed by atoms with Gasteiger partial charge in [0.2, 0.25) is 0 Å². The summed E-state index contributed by atoms with van der Waals surface area (Å²) in [7, 11) is 3.28. The summed E-state index contributed by atoms with van der Waals surface area (Å²) in [5.41, 5.74) is 7.14. The molecule has 2 aromatic rings. The first-order valence-corrected chi connectivity index (χ1v) is 9.40. The Kier molecular flexibility index (Phi) is 7.78. The third-order valence-corrected chi connectivity index (χ3v) is 5.51. The topological polar surface area (TPSA) is 86.7 Å². The molecule has 3 rings (SSSR count). The molecule has 0 unspecified atom stereocenters. The van der Waals surface area contributed by atoms with Crippen LogP contribution in [0.1, 0.15) is 53.8 Å². The van der Waals surface area contributed by atoms with Crippen molar-refractivity contribution in [2.45, 2.75) is 44.1 Å². The molecule has 1 amide bonds. The number of nitrogens with two attached hydrogens (primary N) is 1. The molecule has 3 N–H and O–H groups in total. The minimum atomic E-state index is -0.135. The number of amides is 1. The van der Waals surface area contributed by atoms with Crippen molar-refractivity contribution >= 4 is 18.3 Å². The number of benzene rings is 1. The molecule has 0 saturated heterocycles. The average molecular weight is 409 g/mol. The number of methoxy groups -OCH3 is 2. The maximum atomic E-state index is 12.6. The van der Waals surface area contributed by atoms with Crippen molar-refractivity contribution in [1.82, 2.24) is 5.32 Å². The van der Waals surface area contributed by atoms with E-state index in [0.29, 0.717) is 29.4 Å². The van der Waals surface area contributed by atoms with Crippen molar-refractivity contribution in [1.29, 1.82) is 0 Å². The van der Waals surface area contributed by atoms with Crippen LogP contribution in [0.4, 0.5) is 0 Å². The second-order valence-corrected chi connectivity index (χ2v) is 7.10. The van der Waals surface area contributed by atoms with Gasteiger partial charge in [0.05, 0.1) is 26.3 Å². The van der Waals surface area contributed by atoms with Gasteiger partial charge in [0.15, 0.2) is 11.5 Å². The maximum Gasteiger partial charge on any atom is 0.254 e. The van der Waals surface area contributed by atoms with Gasteiger partial charge in [0.25, 0.3) is 5.91 Å². The monoisotopic (exact) mass is 408 g/mol. The van der Waals surface area contributed by atoms with Crippen molar-refractivity contribution in [3.05, 3.63) is 47.4 Å². The van der Waals surface area contributed by atoms with E-state index >= 15 is 0 Å². The lowest BCUT2D eigenvalue weighted by Gasteiger charge is -2.38. The summed E-state index contributed by atoms with van der Waals surface area (Å²) in [6.07, 6.45) is 7.04. The van der Waals surface area contributed by atoms with Crippen molar-refractivity contribution in [2.24, 2.45) is 5.73 Å². The first kappa shape index (κ1) is 22.1. The fourth-order valence-corrected chi connectivity index (χ4v) is 3.92. The highest BCUT2D eigenvalue weighted by Crippen LogP contribution is 2.42. The van der Waals surface area contributed by atoms with Gasteiger partial charge in [-0.2, -0.15) is 0 Å². The summed E-state index contributed by atoms with van der Waals surface area (Å²) in [5.74, 6) is 1.90. The van der Waals surface area contributed by atoms with E-state index in [1.165, 1.54) is 18.2 Å². The molecule has 0 radical (unpaired) electrons. The zero-order valence-electron chi connectivity index (χ0n) is 16.5. The van der Waals surface area contributed by atoms with E-state index in [-0.39, 0.29) is 30.3 Å². The van der Waals surface area contributed by atoms with Crippen LogP contribution in [0, 0.1) is 0 Å². The number of furan rings is 1. The molecule has 0 spiro atoms. The Morgan fingerprint density at radius 1 is 1.14 bits per heavy atom. The summed E-state index contributed by atoms with van der Waals surface area (Å²) < 4.78 is 16.1. The van der Waals surface area contributed by atoms with Gasteiger partial charge in [-0.1, -0.05) is 25.3 Å². The molecule has 1 aliphatic carbocycles. The van der Waals surface area contributed by atoms with Gasteiger partial charge in [-0.25, -0.2) is 0 Å². The molecule has 0 aliphatic heterocycles. The number of hydrogen-bond donors (Lipinski definition) is 2. The fourth-order valence-electron chi connectivity index (χ4n) is 3.92. The zero-order chi connectivity index (χ0) is 19.3. The Balaban J connectivity index is 0.00000280. The van der Waals surface area contributed by atoms with Crippen LogP contribution in [0.15, 0.2) is 34.9 Å². The van der Waals surface area contributed by atoms with E-state index in [1.807, 2.05) is 12.1 Å². The van der Waals surface area contributed by atoms with E-state index in [4.69, 9.17) is 19.6 Å². The lowest BCUT2D eigenvalue weighted by molar-refractivity contribution is 0.0936. The molecule has 7 heteroatoms. The Hall–Kier alpha value is -2.18. The molecule has 1 aromatic heterocycles. The smallest absolute Gasteiger partial charge is 0.254 e. The fraction of sp³-hybridized carbons (Fsp3) is 0.476. The van der Waals surface area contributed by atoms with Crippen molar-refractivity contribution < 1.29 is 18.7 Å². The summed E-state index contributed by atoms with van der Waals surface area (Å²) in [6.45, 7) is 0.854. The quantitative estimate of drug-likeness (QED) is 0.727. The Morgan fingerprint density at radius 2 is 1.86 bits per heavy atom. The number of carbonyl (C=O) groups is 1. The predicted molar refractivity (Wildman–Crippen MR) is 110 cm³/mol. The molecule has 1 aromatic carbocycles. The molecular weight excluding hydrogens is 380 g/mol. The number of rotatable bonds is 7. The van der Waals surface area contributed by atoms with Gasteiger partial charge in [0.1, 0.15) is 12.0 Å². The number of hydrogen-bond acceptors (Lipinski definition) is 5. The van der Waals surface area contributed by atoms with Crippen LogP contribution in [0.2, 0.25) is 0 Å². The number of halogens is 1. The van der Waals surface area contributed by atoms with E-state index in [0.717, 1.165) is 25.7 Å². The van der Waals surface area contributed by atoms with Crippen molar-refractivity contribution in [2.75, 3.05) is 20.8 Å². The van der Waals surface area contributed by atoms with Crippen LogP contribution in [-0.2, 0) is 12.0 Å². The highest BCUT2D eigenvalue weighted by atomic mass is 35.5. The first-order valence-electron chi connectivity index (χ1n) is 9.40. The third-order valence-electron chi connectivity index (χ3n) is 5.51. The molecule has 28 heavy (non-hydrogen) atoms. The Labute approximate surface area is 172 Å². The highest BCUT2D eigenvalue weighted by molar-refractivity contribution is 5.94. The van der Waals surface area contributed by atoms with Crippen LogP contribution in [-0.4, -0.2) is 26.7 Å². The largest absolute Gasteiger partial charge is 0.493 e. The number of ether oxygens (including phenoxy) is 2. The Morgan fingerprint density at radius 3 is 2.46 bits per heavy atom. The van der Waals surface area contributed by atoms with Crippen molar-refractivity contribution in [3.8, 4) is 11.5 Å². The van der Waals surface area contributed by atoms with Crippen LogP contribution in [0.3, 0.4) is 0 Å². The van der Waals surface area contributed by atoms with E-state index < -0.39 is 0 Å². The minimum Gasteiger partial charge on any atom is -0.493 e. The summed E-state index contributed by atoms with van der Waals surface area (Å²) in [4.78, 5) is 12.6. The molecule has 0 atom stereocenters. The second-order valence-electron chi connectivity index (χ2n) is 7.10. The molecule has 1 saturated carbocycles. The van der Waals surface area contributed by atoms with Crippen LogP contribution in [0.5, 0.6) is 11.5 Å². The summed E-state index contributed by atoms with van der Waals surface area (Å²) in [6, 6.07) is 7.76. The van der Waals surface area contributed by atoms with Crippen LogP contribution in [0.25, 0.3) is 0 Å². The SMILES string of the molecule is COc1ccc(C2(CNC(=O)c3coc(CN)c3)CCCCC2)cc1OC.Cl. The van der Waals surface area contributed by atoms with E-state index in [2.05, 4.69) is 11.4 Å². The standard InChI is InChI=1S/C21H28N2O4.ClH/c1-25-18-7-6-16(11-19(18)26-2)21(8-4-3-5-9-21)14-23-20(24)15-10-17(12-22)27-13-15;/h6-7,10-11,13H,3-5,8-9,12,14,22H2,1-2H3,(H,23,24);1H. The second kappa shape index (κ2) is 9.85. The van der Waals surface area contributed by atoms with Gasteiger partial charge >= 0.3 is 0 Å². The van der Waals surface area contributed by atoms with E-state index in [9.17, 15) is 4.79 Å². The van der Waals surface area contributed by atoms with Gasteiger partial charge < -0.3 is 24.9 Å². The summed E-state index contributed by atoms with van der Waals surface area (Å²) >= 11 is 0. The minimum absolute atomic E-state index is 0. The molecule has 154 valence electrons. The molecular formula is C21H29ClN2O4. The molecule has 0 bridgehead atoms. The molecule has 1 fully saturated rings. The zero-order valence-corrected chi connectivity index (χ0v) is 17.3. The normalized spacial score (nSPS) is 15.4. The van der Waals surface area contributed by atoms with Gasteiger partial charge in [-0.05, 0) is 36.6 Å².